The first-order valence-electron chi connectivity index (χ1n) is 8.09. The molecule has 1 aliphatic rings. The Labute approximate surface area is 136 Å². The van der Waals surface area contributed by atoms with Gasteiger partial charge in [-0.1, -0.05) is 0 Å². The minimum atomic E-state index is -0.492. The molecule has 0 aromatic carbocycles. The van der Waals surface area contributed by atoms with Gasteiger partial charge in [0, 0.05) is 25.1 Å². The van der Waals surface area contributed by atoms with Gasteiger partial charge in [0.05, 0.1) is 12.8 Å². The third-order valence-electron chi connectivity index (χ3n) is 3.66. The summed E-state index contributed by atoms with van der Waals surface area (Å²) < 4.78 is 23.8. The first-order chi connectivity index (χ1) is 10.8. The molecule has 2 heterocycles. The van der Waals surface area contributed by atoms with E-state index in [4.69, 9.17) is 9.47 Å². The van der Waals surface area contributed by atoms with Crippen LogP contribution in [0.1, 0.15) is 46.5 Å². The normalized spacial score (nSPS) is 18.6. The minimum absolute atomic E-state index is 0.110. The molecule has 1 aromatic heterocycles. The fourth-order valence-corrected chi connectivity index (χ4v) is 2.61. The molecule has 0 saturated carbocycles. The van der Waals surface area contributed by atoms with E-state index in [1.54, 1.807) is 4.90 Å². The Morgan fingerprint density at radius 1 is 1.39 bits per heavy atom. The number of ether oxygens (including phenoxy) is 2. The van der Waals surface area contributed by atoms with Crippen LogP contribution in [-0.2, 0) is 4.74 Å². The van der Waals surface area contributed by atoms with E-state index in [9.17, 15) is 9.18 Å². The number of hydrogen-bond acceptors (Lipinski definition) is 4. The summed E-state index contributed by atoms with van der Waals surface area (Å²) in [7, 11) is 0. The maximum absolute atomic E-state index is 12.8. The van der Waals surface area contributed by atoms with Crippen LogP contribution in [0.3, 0.4) is 0 Å². The average Bonchev–Trinajstić information content (AvgIpc) is 2.48. The van der Waals surface area contributed by atoms with Gasteiger partial charge >= 0.3 is 6.09 Å². The van der Waals surface area contributed by atoms with Gasteiger partial charge in [0.15, 0.2) is 0 Å². The topological polar surface area (TPSA) is 51.7 Å². The highest BCUT2D eigenvalue weighted by molar-refractivity contribution is 5.68. The van der Waals surface area contributed by atoms with Gasteiger partial charge in [0.2, 0.25) is 5.88 Å². The number of amides is 1. The predicted octanol–water partition coefficient (Wildman–Crippen LogP) is 3.78. The second-order valence-corrected chi connectivity index (χ2v) is 6.78. The first kappa shape index (κ1) is 17.5. The van der Waals surface area contributed by atoms with Crippen LogP contribution in [0.15, 0.2) is 18.3 Å². The summed E-state index contributed by atoms with van der Waals surface area (Å²) in [5.74, 6) is 0.00626. The van der Waals surface area contributed by atoms with Gasteiger partial charge in [-0.25, -0.2) is 14.2 Å². The maximum atomic E-state index is 12.8. The SMILES string of the molecule is CC(C)(C)OC(=O)N1CCCCC1CCOc1ccc(F)cn1. The molecule has 1 unspecified atom stereocenters. The second-order valence-electron chi connectivity index (χ2n) is 6.78. The van der Waals surface area contributed by atoms with Crippen molar-refractivity contribution in [2.24, 2.45) is 0 Å². The minimum Gasteiger partial charge on any atom is -0.478 e. The van der Waals surface area contributed by atoms with Crippen molar-refractivity contribution in [2.45, 2.75) is 58.1 Å². The molecule has 1 amide bonds. The van der Waals surface area contributed by atoms with Crippen molar-refractivity contribution in [1.29, 1.82) is 0 Å². The van der Waals surface area contributed by atoms with Gasteiger partial charge in [-0.15, -0.1) is 0 Å². The summed E-state index contributed by atoms with van der Waals surface area (Å²) >= 11 is 0. The van der Waals surface area contributed by atoms with E-state index < -0.39 is 5.60 Å². The molecule has 128 valence electrons. The lowest BCUT2D eigenvalue weighted by Crippen LogP contribution is -2.46. The zero-order valence-corrected chi connectivity index (χ0v) is 14.0. The van der Waals surface area contributed by atoms with E-state index in [1.165, 1.54) is 12.1 Å². The molecule has 6 heteroatoms. The van der Waals surface area contributed by atoms with Crippen LogP contribution < -0.4 is 4.74 Å². The number of aromatic nitrogens is 1. The summed E-state index contributed by atoms with van der Waals surface area (Å²) in [4.78, 5) is 18.0. The molecule has 0 bridgehead atoms. The van der Waals surface area contributed by atoms with E-state index >= 15 is 0 Å². The highest BCUT2D eigenvalue weighted by Crippen LogP contribution is 2.22. The third kappa shape index (κ3) is 5.69. The van der Waals surface area contributed by atoms with Gasteiger partial charge < -0.3 is 14.4 Å². The van der Waals surface area contributed by atoms with Gasteiger partial charge in [-0.3, -0.25) is 0 Å². The zero-order chi connectivity index (χ0) is 16.9. The smallest absolute Gasteiger partial charge is 0.410 e. The number of nitrogens with zero attached hydrogens (tertiary/aromatic N) is 2. The number of pyridine rings is 1. The Balaban J connectivity index is 1.86. The summed E-state index contributed by atoms with van der Waals surface area (Å²) in [6.45, 7) is 6.75. The van der Waals surface area contributed by atoms with Gasteiger partial charge in [0.25, 0.3) is 0 Å². The standard InChI is InChI=1S/C17H25FN2O3/c1-17(2,3)23-16(21)20-10-5-4-6-14(20)9-11-22-15-8-7-13(18)12-19-15/h7-8,12,14H,4-6,9-11H2,1-3H3. The molecule has 0 N–H and O–H groups in total. The third-order valence-corrected chi connectivity index (χ3v) is 3.66. The summed E-state index contributed by atoms with van der Waals surface area (Å²) in [6.07, 6.45) is 4.61. The van der Waals surface area contributed by atoms with Crippen LogP contribution in [0.4, 0.5) is 9.18 Å². The number of halogens is 1. The Morgan fingerprint density at radius 2 is 2.17 bits per heavy atom. The molecule has 1 saturated heterocycles. The number of likely N-dealkylation sites (tertiary alicyclic amines) is 1. The largest absolute Gasteiger partial charge is 0.478 e. The summed E-state index contributed by atoms with van der Waals surface area (Å²) in [5.41, 5.74) is -0.492. The fraction of sp³-hybridized carbons (Fsp3) is 0.647. The monoisotopic (exact) mass is 324 g/mol. The van der Waals surface area contributed by atoms with Crippen molar-refractivity contribution in [3.05, 3.63) is 24.1 Å². The molecule has 23 heavy (non-hydrogen) atoms. The van der Waals surface area contributed by atoms with E-state index in [1.807, 2.05) is 20.8 Å². The quantitative estimate of drug-likeness (QED) is 0.846. The van der Waals surface area contributed by atoms with Crippen LogP contribution in [0.5, 0.6) is 5.88 Å². The molecule has 2 rings (SSSR count). The molecule has 0 aliphatic carbocycles. The molecule has 1 fully saturated rings. The Bertz CT molecular complexity index is 514. The molecule has 0 radical (unpaired) electrons. The van der Waals surface area contributed by atoms with Crippen LogP contribution >= 0.6 is 0 Å². The van der Waals surface area contributed by atoms with Crippen LogP contribution in [0.2, 0.25) is 0 Å². The molecular formula is C17H25FN2O3. The number of carbonyl (C=O) groups excluding carboxylic acids is 1. The van der Waals surface area contributed by atoms with Crippen molar-refractivity contribution < 1.29 is 18.7 Å². The number of piperidine rings is 1. The van der Waals surface area contributed by atoms with Crippen LogP contribution in [0.25, 0.3) is 0 Å². The van der Waals surface area contributed by atoms with Gasteiger partial charge in [0.1, 0.15) is 11.4 Å². The van der Waals surface area contributed by atoms with E-state index in [2.05, 4.69) is 4.98 Å². The molecule has 1 atom stereocenters. The van der Waals surface area contributed by atoms with Crippen molar-refractivity contribution in [3.8, 4) is 5.88 Å². The van der Waals surface area contributed by atoms with E-state index in [0.717, 1.165) is 25.5 Å². The maximum Gasteiger partial charge on any atom is 0.410 e. The number of carbonyl (C=O) groups is 1. The van der Waals surface area contributed by atoms with Gasteiger partial charge in [-0.2, -0.15) is 0 Å². The van der Waals surface area contributed by atoms with Crippen LogP contribution in [0, 0.1) is 5.82 Å². The highest BCUT2D eigenvalue weighted by atomic mass is 19.1. The molecule has 1 aliphatic heterocycles. The molecule has 5 nitrogen and oxygen atoms in total. The van der Waals surface area contributed by atoms with Crippen molar-refractivity contribution >= 4 is 6.09 Å². The van der Waals surface area contributed by atoms with Crippen LogP contribution in [-0.4, -0.2) is 40.8 Å². The first-order valence-corrected chi connectivity index (χ1v) is 8.09. The highest BCUT2D eigenvalue weighted by Gasteiger charge is 2.30. The molecule has 0 spiro atoms. The predicted molar refractivity (Wildman–Crippen MR) is 84.9 cm³/mol. The van der Waals surface area contributed by atoms with Crippen molar-refractivity contribution in [3.63, 3.8) is 0 Å². The lowest BCUT2D eigenvalue weighted by molar-refractivity contribution is 0.00738. The Morgan fingerprint density at radius 3 is 2.83 bits per heavy atom. The Kier molecular flexibility index (Phi) is 5.80. The average molecular weight is 324 g/mol. The van der Waals surface area contributed by atoms with E-state index in [-0.39, 0.29) is 18.0 Å². The number of hydrogen-bond donors (Lipinski definition) is 0. The van der Waals surface area contributed by atoms with Crippen molar-refractivity contribution in [1.82, 2.24) is 9.88 Å². The Hall–Kier alpha value is -1.85. The summed E-state index contributed by atoms with van der Waals surface area (Å²) in [5, 5.41) is 0. The lowest BCUT2D eigenvalue weighted by Gasteiger charge is -2.36. The molecular weight excluding hydrogens is 299 g/mol. The van der Waals surface area contributed by atoms with Gasteiger partial charge in [-0.05, 0) is 46.1 Å². The summed E-state index contributed by atoms with van der Waals surface area (Å²) in [6, 6.07) is 2.93. The zero-order valence-electron chi connectivity index (χ0n) is 14.0. The number of rotatable bonds is 4. The second kappa shape index (κ2) is 7.62. The van der Waals surface area contributed by atoms with E-state index in [0.29, 0.717) is 25.5 Å². The van der Waals surface area contributed by atoms with Crippen molar-refractivity contribution in [2.75, 3.05) is 13.2 Å². The molecule has 1 aromatic rings. The lowest BCUT2D eigenvalue weighted by atomic mass is 10.0. The fourth-order valence-electron chi connectivity index (χ4n) is 2.61.